The summed E-state index contributed by atoms with van der Waals surface area (Å²) in [5, 5.41) is 12.4. The van der Waals surface area contributed by atoms with Crippen molar-refractivity contribution in [2.24, 2.45) is 51.8 Å². The zero-order valence-electron chi connectivity index (χ0n) is 19.8. The van der Waals surface area contributed by atoms with E-state index in [0.29, 0.717) is 18.3 Å². The van der Waals surface area contributed by atoms with Crippen molar-refractivity contribution < 1.29 is 14.6 Å². The molecule has 11 atom stereocenters. The second-order valence-corrected chi connectivity index (χ2v) is 13.0. The quantitative estimate of drug-likeness (QED) is 0.724. The van der Waals surface area contributed by atoms with E-state index in [2.05, 4.69) is 44.2 Å². The van der Waals surface area contributed by atoms with Gasteiger partial charge in [-0.1, -0.05) is 44.2 Å². The first-order chi connectivity index (χ1) is 15.3. The summed E-state index contributed by atoms with van der Waals surface area (Å²) in [7, 11) is 1.70. The van der Waals surface area contributed by atoms with Gasteiger partial charge in [0, 0.05) is 18.9 Å². The van der Waals surface area contributed by atoms with E-state index in [9.17, 15) is 9.90 Å². The largest absolute Gasteiger partial charge is 0.386 e. The number of benzene rings is 1. The van der Waals surface area contributed by atoms with Crippen LogP contribution in [0.3, 0.4) is 0 Å². The number of carbonyl (C=O) groups is 1. The number of aliphatic hydroxyl groups is 1. The molecule has 0 heterocycles. The number of methoxy groups -OCH3 is 1. The first kappa shape index (κ1) is 20.2. The highest BCUT2D eigenvalue weighted by molar-refractivity contribution is 5.88. The molecule has 3 nitrogen and oxygen atoms in total. The van der Waals surface area contributed by atoms with Crippen LogP contribution in [0.4, 0.5) is 0 Å². The first-order valence-corrected chi connectivity index (χ1v) is 13.1. The Labute approximate surface area is 192 Å². The molecule has 6 bridgehead atoms. The molecule has 6 saturated carbocycles. The van der Waals surface area contributed by atoms with Crippen molar-refractivity contribution in [3.05, 3.63) is 35.9 Å². The van der Waals surface area contributed by atoms with E-state index >= 15 is 0 Å². The number of ether oxygens (including phenoxy) is 1. The minimum atomic E-state index is -0.983. The second kappa shape index (κ2) is 6.08. The van der Waals surface area contributed by atoms with Crippen LogP contribution in [-0.4, -0.2) is 29.7 Å². The van der Waals surface area contributed by atoms with E-state index in [4.69, 9.17) is 4.74 Å². The molecule has 1 spiro atoms. The van der Waals surface area contributed by atoms with Crippen LogP contribution in [0.25, 0.3) is 0 Å². The monoisotopic (exact) mass is 434 g/mol. The summed E-state index contributed by atoms with van der Waals surface area (Å²) < 4.78 is 5.85. The Hall–Kier alpha value is -1.19. The number of hydrogen-bond acceptors (Lipinski definition) is 3. The number of ketones is 1. The lowest BCUT2D eigenvalue weighted by Gasteiger charge is -2.61. The third kappa shape index (κ3) is 1.92. The van der Waals surface area contributed by atoms with Gasteiger partial charge in [0.1, 0.15) is 11.4 Å². The van der Waals surface area contributed by atoms with Crippen molar-refractivity contribution in [1.29, 1.82) is 0 Å². The van der Waals surface area contributed by atoms with Gasteiger partial charge in [-0.05, 0) is 90.9 Å². The average molecular weight is 435 g/mol. The van der Waals surface area contributed by atoms with E-state index in [1.165, 1.54) is 44.1 Å². The summed E-state index contributed by atoms with van der Waals surface area (Å²) in [5.74, 6) is 3.33. The molecular weight excluding hydrogens is 396 g/mol. The summed E-state index contributed by atoms with van der Waals surface area (Å²) in [5.41, 5.74) is 0.570. The Morgan fingerprint density at radius 3 is 2.59 bits per heavy atom. The molecule has 0 saturated heterocycles. The fourth-order valence-electron chi connectivity index (χ4n) is 11.8. The molecule has 6 aliphatic rings. The molecule has 3 heteroatoms. The molecule has 6 fully saturated rings. The Balaban J connectivity index is 1.34. The lowest BCUT2D eigenvalue weighted by Crippen LogP contribution is -2.60. The Morgan fingerprint density at radius 1 is 1.06 bits per heavy atom. The van der Waals surface area contributed by atoms with Crippen molar-refractivity contribution in [2.45, 2.75) is 76.9 Å². The SMILES string of the molecule is COC1CC(=O)C2C3C4CC5CCC6CC5(CC6Cc5ccccc5)C3(C)C(C)(C4)C12O. The van der Waals surface area contributed by atoms with Gasteiger partial charge in [0.15, 0.2) is 0 Å². The first-order valence-electron chi connectivity index (χ1n) is 13.1. The molecule has 0 aliphatic heterocycles. The Kier molecular flexibility index (Phi) is 3.84. The highest BCUT2D eigenvalue weighted by atomic mass is 16.5. The molecule has 7 rings (SSSR count). The van der Waals surface area contributed by atoms with E-state index in [1.807, 2.05) is 0 Å². The number of rotatable bonds is 3. The molecule has 1 aromatic carbocycles. The minimum absolute atomic E-state index is 0.0317. The van der Waals surface area contributed by atoms with Crippen molar-refractivity contribution in [1.82, 2.24) is 0 Å². The molecule has 32 heavy (non-hydrogen) atoms. The number of carbonyl (C=O) groups excluding carboxylic acids is 1. The summed E-state index contributed by atoms with van der Waals surface area (Å²) in [6.45, 7) is 4.91. The van der Waals surface area contributed by atoms with Gasteiger partial charge in [-0.3, -0.25) is 4.79 Å². The van der Waals surface area contributed by atoms with Gasteiger partial charge in [0.25, 0.3) is 0 Å². The van der Waals surface area contributed by atoms with Gasteiger partial charge >= 0.3 is 0 Å². The number of Topliss-reactive ketones (excluding diaryl/α,β-unsaturated/α-hetero) is 1. The average Bonchev–Trinajstić information content (AvgIpc) is 3.34. The van der Waals surface area contributed by atoms with Crippen LogP contribution in [0.1, 0.15) is 64.4 Å². The standard InChI is InChI=1S/C29H38O3/c1-26-14-20-12-21-10-9-18-15-28(21,16-19(18)11-17-7-5-4-6-8-17)27(26,2)24(20)25-22(30)13-23(32-3)29(25,26)31/h4-8,18-21,23-25,31H,9-16H2,1-3H3. The second-order valence-electron chi connectivity index (χ2n) is 13.0. The maximum Gasteiger partial charge on any atom is 0.141 e. The van der Waals surface area contributed by atoms with Gasteiger partial charge in [-0.15, -0.1) is 0 Å². The maximum absolute atomic E-state index is 13.4. The summed E-state index contributed by atoms with van der Waals surface area (Å²) in [4.78, 5) is 13.4. The molecule has 6 aliphatic carbocycles. The summed E-state index contributed by atoms with van der Waals surface area (Å²) in [6.07, 6.45) is 8.98. The summed E-state index contributed by atoms with van der Waals surface area (Å²) >= 11 is 0. The van der Waals surface area contributed by atoms with Gasteiger partial charge in [-0.2, -0.15) is 0 Å². The molecule has 1 aromatic rings. The summed E-state index contributed by atoms with van der Waals surface area (Å²) in [6, 6.07) is 11.1. The smallest absolute Gasteiger partial charge is 0.141 e. The zero-order valence-corrected chi connectivity index (χ0v) is 19.8. The molecule has 0 amide bonds. The number of hydrogen-bond donors (Lipinski definition) is 1. The van der Waals surface area contributed by atoms with Crippen molar-refractivity contribution in [2.75, 3.05) is 7.11 Å². The molecular formula is C29H38O3. The van der Waals surface area contributed by atoms with Crippen LogP contribution in [0.2, 0.25) is 0 Å². The van der Waals surface area contributed by atoms with Gasteiger partial charge in [-0.25, -0.2) is 0 Å². The normalized spacial score (nSPS) is 57.0. The number of fused-ring (bicyclic) bond motifs is 3. The maximum atomic E-state index is 13.4. The van der Waals surface area contributed by atoms with Crippen LogP contribution < -0.4 is 0 Å². The lowest BCUT2D eigenvalue weighted by molar-refractivity contribution is -0.192. The van der Waals surface area contributed by atoms with E-state index < -0.39 is 5.60 Å². The fourth-order valence-corrected chi connectivity index (χ4v) is 11.8. The fraction of sp³-hybridized carbons (Fsp3) is 0.759. The molecule has 0 aromatic heterocycles. The van der Waals surface area contributed by atoms with Crippen LogP contribution in [0.5, 0.6) is 0 Å². The Bertz CT molecular complexity index is 974. The molecule has 0 radical (unpaired) electrons. The van der Waals surface area contributed by atoms with E-state index in [-0.39, 0.29) is 34.1 Å². The molecule has 11 unspecified atom stereocenters. The van der Waals surface area contributed by atoms with Crippen molar-refractivity contribution >= 4 is 5.78 Å². The highest BCUT2D eigenvalue weighted by Crippen LogP contribution is 2.88. The van der Waals surface area contributed by atoms with Crippen LogP contribution in [0.15, 0.2) is 30.3 Å². The lowest BCUT2D eigenvalue weighted by atomic mass is 9.43. The predicted molar refractivity (Wildman–Crippen MR) is 123 cm³/mol. The molecule has 172 valence electrons. The third-order valence-corrected chi connectivity index (χ3v) is 12.8. The third-order valence-electron chi connectivity index (χ3n) is 12.8. The van der Waals surface area contributed by atoms with Gasteiger partial charge in [0.2, 0.25) is 0 Å². The topological polar surface area (TPSA) is 46.5 Å². The van der Waals surface area contributed by atoms with Crippen molar-refractivity contribution in [3.8, 4) is 0 Å². The van der Waals surface area contributed by atoms with E-state index in [1.54, 1.807) is 7.11 Å². The van der Waals surface area contributed by atoms with E-state index in [0.717, 1.165) is 24.2 Å². The predicted octanol–water partition coefficient (Wildman–Crippen LogP) is 5.05. The van der Waals surface area contributed by atoms with Crippen LogP contribution in [0, 0.1) is 51.8 Å². The van der Waals surface area contributed by atoms with Crippen LogP contribution >= 0.6 is 0 Å². The molecule has 1 N–H and O–H groups in total. The zero-order chi connectivity index (χ0) is 22.1. The Morgan fingerprint density at radius 2 is 1.84 bits per heavy atom. The van der Waals surface area contributed by atoms with Gasteiger partial charge in [0.05, 0.1) is 12.0 Å². The van der Waals surface area contributed by atoms with Gasteiger partial charge < -0.3 is 9.84 Å². The minimum Gasteiger partial charge on any atom is -0.386 e. The van der Waals surface area contributed by atoms with Crippen LogP contribution in [-0.2, 0) is 16.0 Å². The van der Waals surface area contributed by atoms with Crippen molar-refractivity contribution in [3.63, 3.8) is 0 Å². The highest BCUT2D eigenvalue weighted by Gasteiger charge is 2.88.